The van der Waals surface area contributed by atoms with Crippen LogP contribution in [0.5, 0.6) is 5.75 Å². The molecule has 0 bridgehead atoms. The van der Waals surface area contributed by atoms with Gasteiger partial charge in [-0.3, -0.25) is 14.2 Å². The zero-order valence-corrected chi connectivity index (χ0v) is 16.8. The molecule has 0 saturated heterocycles. The number of alkyl halides is 6. The first-order valence-electron chi connectivity index (χ1n) is 9.17. The molecule has 0 radical (unpaired) electrons. The van der Waals surface area contributed by atoms with Crippen LogP contribution in [0.15, 0.2) is 59.7 Å². The van der Waals surface area contributed by atoms with Crippen molar-refractivity contribution in [1.82, 2.24) is 9.55 Å². The van der Waals surface area contributed by atoms with E-state index in [1.54, 1.807) is 24.3 Å². The predicted octanol–water partition coefficient (Wildman–Crippen LogP) is 4.60. The van der Waals surface area contributed by atoms with Gasteiger partial charge < -0.3 is 10.1 Å². The monoisotopic (exact) mass is 471 g/mol. The molecule has 2 aromatic carbocycles. The molecular formula is C21H15F6N3O3. The predicted molar refractivity (Wildman–Crippen MR) is 106 cm³/mol. The van der Waals surface area contributed by atoms with Gasteiger partial charge in [-0.15, -0.1) is 0 Å². The smallest absolute Gasteiger partial charge is 0.416 e. The number of halogens is 6. The maximum absolute atomic E-state index is 13.0. The number of anilines is 1. The van der Waals surface area contributed by atoms with Crippen LogP contribution in [0.2, 0.25) is 0 Å². The molecule has 0 aliphatic carbocycles. The molecule has 1 aromatic heterocycles. The van der Waals surface area contributed by atoms with Crippen LogP contribution in [0.3, 0.4) is 0 Å². The molecule has 6 nitrogen and oxygen atoms in total. The van der Waals surface area contributed by atoms with E-state index < -0.39 is 47.2 Å². The van der Waals surface area contributed by atoms with E-state index in [-0.39, 0.29) is 6.07 Å². The Morgan fingerprint density at radius 1 is 0.970 bits per heavy atom. The van der Waals surface area contributed by atoms with Crippen LogP contribution in [0.25, 0.3) is 11.3 Å². The number of benzene rings is 2. The molecule has 0 atom stereocenters. The molecule has 0 saturated carbocycles. The van der Waals surface area contributed by atoms with Gasteiger partial charge in [-0.1, -0.05) is 0 Å². The lowest BCUT2D eigenvalue weighted by atomic mass is 10.1. The van der Waals surface area contributed by atoms with Gasteiger partial charge in [0.25, 0.3) is 5.56 Å². The first-order valence-corrected chi connectivity index (χ1v) is 9.17. The fourth-order valence-electron chi connectivity index (χ4n) is 2.85. The molecule has 3 rings (SSSR count). The van der Waals surface area contributed by atoms with Crippen LogP contribution in [0.1, 0.15) is 11.1 Å². The number of methoxy groups -OCH3 is 1. The van der Waals surface area contributed by atoms with Crippen molar-refractivity contribution in [2.24, 2.45) is 0 Å². The largest absolute Gasteiger partial charge is 0.497 e. The summed E-state index contributed by atoms with van der Waals surface area (Å²) < 4.78 is 83.6. The fraction of sp³-hybridized carbons (Fsp3) is 0.190. The summed E-state index contributed by atoms with van der Waals surface area (Å²) in [6.45, 7) is -0.674. The highest BCUT2D eigenvalue weighted by Gasteiger charge is 2.37. The quantitative estimate of drug-likeness (QED) is 0.553. The standard InChI is InChI=1S/C21H15F6N3O3/c1-33-16-4-2-12(3-5-16)17-9-19(32)30(11-28-17)10-18(31)29-15-7-13(20(22,23)24)6-14(8-15)21(25,26)27/h2-9,11H,10H2,1H3,(H,29,31). The summed E-state index contributed by atoms with van der Waals surface area (Å²) in [5.41, 5.74) is -3.62. The van der Waals surface area contributed by atoms with Gasteiger partial charge in [0.2, 0.25) is 5.91 Å². The molecule has 174 valence electrons. The summed E-state index contributed by atoms with van der Waals surface area (Å²) in [6, 6.07) is 8.46. The molecule has 3 aromatic rings. The molecule has 1 N–H and O–H groups in total. The minimum atomic E-state index is -5.06. The molecule has 33 heavy (non-hydrogen) atoms. The highest BCUT2D eigenvalue weighted by Crippen LogP contribution is 2.37. The Morgan fingerprint density at radius 3 is 2.03 bits per heavy atom. The molecule has 1 heterocycles. The maximum Gasteiger partial charge on any atom is 0.416 e. The molecule has 1 amide bonds. The summed E-state index contributed by atoms with van der Waals surface area (Å²) in [5.74, 6) is -0.421. The van der Waals surface area contributed by atoms with Crippen LogP contribution in [-0.4, -0.2) is 22.6 Å². The Kier molecular flexibility index (Phi) is 6.47. The highest BCUT2D eigenvalue weighted by atomic mass is 19.4. The van der Waals surface area contributed by atoms with E-state index in [1.165, 1.54) is 7.11 Å². The highest BCUT2D eigenvalue weighted by molar-refractivity contribution is 5.90. The molecule has 0 unspecified atom stereocenters. The van der Waals surface area contributed by atoms with Crippen molar-refractivity contribution in [3.63, 3.8) is 0 Å². The second-order valence-corrected chi connectivity index (χ2v) is 6.81. The van der Waals surface area contributed by atoms with Gasteiger partial charge in [-0.05, 0) is 42.5 Å². The average Bonchev–Trinajstić information content (AvgIpc) is 2.73. The van der Waals surface area contributed by atoms with Gasteiger partial charge in [-0.25, -0.2) is 4.98 Å². The number of carbonyl (C=O) groups excluding carboxylic acids is 1. The van der Waals surface area contributed by atoms with E-state index in [2.05, 4.69) is 4.98 Å². The first kappa shape index (κ1) is 23.8. The number of nitrogens with zero attached hydrogens (tertiary/aromatic N) is 2. The third kappa shape index (κ3) is 5.90. The van der Waals surface area contributed by atoms with Crippen LogP contribution < -0.4 is 15.6 Å². The minimum Gasteiger partial charge on any atom is -0.497 e. The third-order valence-corrected chi connectivity index (χ3v) is 4.45. The van der Waals surface area contributed by atoms with Gasteiger partial charge in [0.05, 0.1) is 30.3 Å². The summed E-state index contributed by atoms with van der Waals surface area (Å²) in [6.07, 6.45) is -9.06. The van der Waals surface area contributed by atoms with Gasteiger partial charge in [-0.2, -0.15) is 26.3 Å². The van der Waals surface area contributed by atoms with Crippen molar-refractivity contribution in [2.45, 2.75) is 18.9 Å². The van der Waals surface area contributed by atoms with Gasteiger partial charge >= 0.3 is 12.4 Å². The Hall–Kier alpha value is -3.83. The van der Waals surface area contributed by atoms with Crippen molar-refractivity contribution in [3.8, 4) is 17.0 Å². The molecule has 0 aliphatic heterocycles. The zero-order chi connectivity index (χ0) is 24.4. The first-order chi connectivity index (χ1) is 15.4. The van der Waals surface area contributed by atoms with Crippen molar-refractivity contribution in [3.05, 3.63) is 76.3 Å². The molecule has 0 fully saturated rings. The third-order valence-electron chi connectivity index (χ3n) is 4.45. The number of hydrogen-bond acceptors (Lipinski definition) is 4. The SMILES string of the molecule is COc1ccc(-c2cc(=O)n(CC(=O)Nc3cc(C(F)(F)F)cc(C(F)(F)F)c3)cn2)cc1. The number of rotatable bonds is 5. The van der Waals surface area contributed by atoms with Gasteiger partial charge in [0.15, 0.2) is 0 Å². The number of ether oxygens (including phenoxy) is 1. The van der Waals surface area contributed by atoms with Crippen LogP contribution in [0.4, 0.5) is 32.0 Å². The number of nitrogens with one attached hydrogen (secondary N) is 1. The molecule has 0 spiro atoms. The molecule has 12 heteroatoms. The molecular weight excluding hydrogens is 456 g/mol. The zero-order valence-electron chi connectivity index (χ0n) is 16.8. The fourth-order valence-corrected chi connectivity index (χ4v) is 2.85. The van der Waals surface area contributed by atoms with E-state index in [1.807, 2.05) is 5.32 Å². The lowest BCUT2D eigenvalue weighted by Crippen LogP contribution is -2.27. The van der Waals surface area contributed by atoms with Crippen molar-refractivity contribution in [2.75, 3.05) is 12.4 Å². The van der Waals surface area contributed by atoms with Crippen molar-refractivity contribution in [1.29, 1.82) is 0 Å². The number of aromatic nitrogens is 2. The van der Waals surface area contributed by atoms with Gasteiger partial charge in [0.1, 0.15) is 12.3 Å². The normalized spacial score (nSPS) is 11.8. The van der Waals surface area contributed by atoms with E-state index >= 15 is 0 Å². The number of hydrogen-bond donors (Lipinski definition) is 1. The number of carbonyl (C=O) groups is 1. The van der Waals surface area contributed by atoms with Crippen molar-refractivity contribution >= 4 is 11.6 Å². The Balaban J connectivity index is 1.80. The Morgan fingerprint density at radius 2 is 1.55 bits per heavy atom. The topological polar surface area (TPSA) is 73.2 Å². The van der Waals surface area contributed by atoms with E-state index in [0.29, 0.717) is 29.1 Å². The average molecular weight is 471 g/mol. The molecule has 0 aliphatic rings. The Bertz CT molecular complexity index is 1190. The summed E-state index contributed by atoms with van der Waals surface area (Å²) in [5, 5.41) is 1.96. The van der Waals surface area contributed by atoms with Crippen LogP contribution in [0, 0.1) is 0 Å². The maximum atomic E-state index is 13.0. The summed E-state index contributed by atoms with van der Waals surface area (Å²) in [4.78, 5) is 28.6. The Labute approximate surface area is 182 Å². The minimum absolute atomic E-state index is 0.0536. The van der Waals surface area contributed by atoms with Crippen LogP contribution in [-0.2, 0) is 23.7 Å². The second kappa shape index (κ2) is 8.96. The van der Waals surface area contributed by atoms with E-state index in [4.69, 9.17) is 4.74 Å². The summed E-state index contributed by atoms with van der Waals surface area (Å²) >= 11 is 0. The van der Waals surface area contributed by atoms with Crippen molar-refractivity contribution < 1.29 is 35.9 Å². The lowest BCUT2D eigenvalue weighted by Gasteiger charge is -2.15. The van der Waals surface area contributed by atoms with E-state index in [9.17, 15) is 35.9 Å². The second-order valence-electron chi connectivity index (χ2n) is 6.81. The summed E-state index contributed by atoms with van der Waals surface area (Å²) in [7, 11) is 1.49. The van der Waals surface area contributed by atoms with Crippen LogP contribution >= 0.6 is 0 Å². The number of amides is 1. The lowest BCUT2D eigenvalue weighted by molar-refractivity contribution is -0.143. The van der Waals surface area contributed by atoms with E-state index in [0.717, 1.165) is 17.0 Å². The van der Waals surface area contributed by atoms with Gasteiger partial charge in [0, 0.05) is 17.3 Å².